The monoisotopic (exact) mass is 327 g/mol. The average molecular weight is 327 g/mol. The SMILES string of the molecule is CN(CCc1ccccn1)C(=O)NC[C@@H]1COc2ccccc2O1. The van der Waals surface area contributed by atoms with Gasteiger partial charge in [0.25, 0.3) is 0 Å². The van der Waals surface area contributed by atoms with Gasteiger partial charge in [-0.15, -0.1) is 0 Å². The number of carbonyl (C=O) groups is 1. The van der Waals surface area contributed by atoms with Crippen LogP contribution in [0, 0.1) is 0 Å². The second-order valence-corrected chi connectivity index (χ2v) is 5.68. The van der Waals surface area contributed by atoms with Gasteiger partial charge >= 0.3 is 6.03 Å². The van der Waals surface area contributed by atoms with Crippen molar-refractivity contribution in [2.45, 2.75) is 12.5 Å². The summed E-state index contributed by atoms with van der Waals surface area (Å²) in [6.07, 6.45) is 2.29. The van der Waals surface area contributed by atoms with Crippen LogP contribution in [-0.2, 0) is 6.42 Å². The molecule has 0 saturated heterocycles. The number of aromatic nitrogens is 1. The maximum absolute atomic E-state index is 12.2. The Morgan fingerprint density at radius 2 is 2.04 bits per heavy atom. The summed E-state index contributed by atoms with van der Waals surface area (Å²) in [5, 5.41) is 2.88. The first-order chi connectivity index (χ1) is 11.7. The van der Waals surface area contributed by atoms with E-state index in [-0.39, 0.29) is 12.1 Å². The maximum Gasteiger partial charge on any atom is 0.317 e. The van der Waals surface area contributed by atoms with Crippen molar-refractivity contribution in [3.8, 4) is 11.5 Å². The number of nitrogens with one attached hydrogen (secondary N) is 1. The molecule has 1 aliphatic heterocycles. The second-order valence-electron chi connectivity index (χ2n) is 5.68. The molecule has 1 aliphatic rings. The van der Waals surface area contributed by atoms with Crippen LogP contribution in [0.1, 0.15) is 5.69 Å². The van der Waals surface area contributed by atoms with Gasteiger partial charge in [0.05, 0.1) is 6.54 Å². The fourth-order valence-corrected chi connectivity index (χ4v) is 2.43. The van der Waals surface area contributed by atoms with Crippen molar-refractivity contribution in [3.63, 3.8) is 0 Å². The first kappa shape index (κ1) is 16.1. The number of ether oxygens (including phenoxy) is 2. The largest absolute Gasteiger partial charge is 0.486 e. The van der Waals surface area contributed by atoms with Crippen LogP contribution in [0.3, 0.4) is 0 Å². The number of nitrogens with zero attached hydrogens (tertiary/aromatic N) is 2. The van der Waals surface area contributed by atoms with E-state index in [4.69, 9.17) is 9.47 Å². The summed E-state index contributed by atoms with van der Waals surface area (Å²) in [5.41, 5.74) is 0.970. The number of fused-ring (bicyclic) bond motifs is 1. The van der Waals surface area contributed by atoms with Gasteiger partial charge in [-0.2, -0.15) is 0 Å². The molecular formula is C18H21N3O3. The minimum Gasteiger partial charge on any atom is -0.486 e. The lowest BCUT2D eigenvalue weighted by Gasteiger charge is -2.27. The maximum atomic E-state index is 12.2. The first-order valence-corrected chi connectivity index (χ1v) is 8.00. The molecule has 126 valence electrons. The Morgan fingerprint density at radius 3 is 2.83 bits per heavy atom. The minimum absolute atomic E-state index is 0.131. The normalized spacial score (nSPS) is 15.6. The Kier molecular flexibility index (Phi) is 5.15. The lowest BCUT2D eigenvalue weighted by atomic mass is 10.2. The number of amides is 2. The summed E-state index contributed by atoms with van der Waals surface area (Å²) in [7, 11) is 1.77. The molecule has 3 rings (SSSR count). The molecule has 6 nitrogen and oxygen atoms in total. The summed E-state index contributed by atoms with van der Waals surface area (Å²) in [4.78, 5) is 18.1. The van der Waals surface area contributed by atoms with E-state index in [0.717, 1.165) is 17.9 Å². The molecule has 0 saturated carbocycles. The van der Waals surface area contributed by atoms with Crippen LogP contribution in [0.2, 0.25) is 0 Å². The van der Waals surface area contributed by atoms with Crippen LogP contribution in [0.4, 0.5) is 4.79 Å². The molecular weight excluding hydrogens is 306 g/mol. The third-order valence-electron chi connectivity index (χ3n) is 3.82. The van der Waals surface area contributed by atoms with Crippen molar-refractivity contribution in [2.24, 2.45) is 0 Å². The molecule has 1 atom stereocenters. The van der Waals surface area contributed by atoms with E-state index in [1.165, 1.54) is 0 Å². The van der Waals surface area contributed by atoms with E-state index in [1.807, 2.05) is 42.5 Å². The van der Waals surface area contributed by atoms with Crippen LogP contribution >= 0.6 is 0 Å². The predicted octanol–water partition coefficient (Wildman–Crippen LogP) is 2.11. The number of para-hydroxylation sites is 2. The first-order valence-electron chi connectivity index (χ1n) is 8.00. The van der Waals surface area contributed by atoms with Gasteiger partial charge in [0.1, 0.15) is 6.61 Å². The molecule has 1 N–H and O–H groups in total. The number of likely N-dealkylation sites (N-methyl/N-ethyl adjacent to an activating group) is 1. The van der Waals surface area contributed by atoms with Crippen molar-refractivity contribution in [1.29, 1.82) is 0 Å². The second kappa shape index (κ2) is 7.68. The lowest BCUT2D eigenvalue weighted by molar-refractivity contribution is 0.0905. The molecule has 0 unspecified atom stereocenters. The van der Waals surface area contributed by atoms with Gasteiger partial charge in [-0.05, 0) is 24.3 Å². The molecule has 0 fully saturated rings. The van der Waals surface area contributed by atoms with E-state index < -0.39 is 0 Å². The molecule has 0 spiro atoms. The van der Waals surface area contributed by atoms with Gasteiger partial charge < -0.3 is 19.7 Å². The van der Waals surface area contributed by atoms with Crippen molar-refractivity contribution in [1.82, 2.24) is 15.2 Å². The van der Waals surface area contributed by atoms with E-state index >= 15 is 0 Å². The van der Waals surface area contributed by atoms with Gasteiger partial charge in [0, 0.05) is 31.9 Å². The van der Waals surface area contributed by atoms with Crippen LogP contribution in [0.15, 0.2) is 48.7 Å². The number of carbonyl (C=O) groups excluding carboxylic acids is 1. The van der Waals surface area contributed by atoms with Gasteiger partial charge in [0.2, 0.25) is 0 Å². The molecule has 0 bridgehead atoms. The van der Waals surface area contributed by atoms with Crippen molar-refractivity contribution in [3.05, 3.63) is 54.4 Å². The Labute approximate surface area is 141 Å². The number of rotatable bonds is 5. The smallest absolute Gasteiger partial charge is 0.317 e. The molecule has 1 aromatic heterocycles. The van der Waals surface area contributed by atoms with Crippen LogP contribution in [0.5, 0.6) is 11.5 Å². The number of hydrogen-bond acceptors (Lipinski definition) is 4. The average Bonchev–Trinajstić information content (AvgIpc) is 2.64. The molecule has 6 heteroatoms. The molecule has 24 heavy (non-hydrogen) atoms. The fourth-order valence-electron chi connectivity index (χ4n) is 2.43. The summed E-state index contributed by atoms with van der Waals surface area (Å²) >= 11 is 0. The number of benzene rings is 1. The lowest BCUT2D eigenvalue weighted by Crippen LogP contribution is -2.45. The number of urea groups is 1. The minimum atomic E-state index is -0.187. The predicted molar refractivity (Wildman–Crippen MR) is 90.3 cm³/mol. The van der Waals surface area contributed by atoms with Gasteiger partial charge in [-0.1, -0.05) is 18.2 Å². The Bertz CT molecular complexity index is 678. The fraction of sp³-hybridized carbons (Fsp3) is 0.333. The summed E-state index contributed by atoms with van der Waals surface area (Å²) in [6.45, 7) is 1.43. The Morgan fingerprint density at radius 1 is 1.25 bits per heavy atom. The zero-order valence-electron chi connectivity index (χ0n) is 13.6. The van der Waals surface area contributed by atoms with Gasteiger partial charge in [-0.25, -0.2) is 4.79 Å². The summed E-state index contributed by atoms with van der Waals surface area (Å²) in [6, 6.07) is 13.2. The highest BCUT2D eigenvalue weighted by atomic mass is 16.6. The third kappa shape index (κ3) is 4.16. The zero-order chi connectivity index (χ0) is 16.8. The van der Waals surface area contributed by atoms with E-state index in [0.29, 0.717) is 25.4 Å². The number of hydrogen-bond donors (Lipinski definition) is 1. The van der Waals surface area contributed by atoms with Crippen LogP contribution in [-0.4, -0.2) is 48.8 Å². The number of pyridine rings is 1. The van der Waals surface area contributed by atoms with Crippen molar-refractivity contribution >= 4 is 6.03 Å². The summed E-state index contributed by atoms with van der Waals surface area (Å²) in [5.74, 6) is 1.46. The van der Waals surface area contributed by atoms with Crippen molar-refractivity contribution < 1.29 is 14.3 Å². The van der Waals surface area contributed by atoms with Crippen LogP contribution in [0.25, 0.3) is 0 Å². The van der Waals surface area contributed by atoms with Gasteiger partial charge in [-0.3, -0.25) is 4.98 Å². The molecule has 2 amide bonds. The van der Waals surface area contributed by atoms with Crippen molar-refractivity contribution in [2.75, 3.05) is 26.7 Å². The summed E-state index contributed by atoms with van der Waals surface area (Å²) < 4.78 is 11.5. The quantitative estimate of drug-likeness (QED) is 0.913. The Hall–Kier alpha value is -2.76. The topological polar surface area (TPSA) is 63.7 Å². The molecule has 0 aliphatic carbocycles. The molecule has 2 aromatic rings. The van der Waals surface area contributed by atoms with Crippen LogP contribution < -0.4 is 14.8 Å². The third-order valence-corrected chi connectivity index (χ3v) is 3.82. The molecule has 0 radical (unpaired) electrons. The van der Waals surface area contributed by atoms with E-state index in [1.54, 1.807) is 18.1 Å². The molecule has 1 aromatic carbocycles. The highest BCUT2D eigenvalue weighted by molar-refractivity contribution is 5.73. The van der Waals surface area contributed by atoms with E-state index in [9.17, 15) is 4.79 Å². The molecule has 2 heterocycles. The zero-order valence-corrected chi connectivity index (χ0v) is 13.6. The Balaban J connectivity index is 1.42. The van der Waals surface area contributed by atoms with E-state index in [2.05, 4.69) is 10.3 Å². The highest BCUT2D eigenvalue weighted by Crippen LogP contribution is 2.30. The highest BCUT2D eigenvalue weighted by Gasteiger charge is 2.21. The standard InChI is InChI=1S/C18H21N3O3/c1-21(11-9-14-6-4-5-10-19-14)18(22)20-12-15-13-23-16-7-2-3-8-17(16)24-15/h2-8,10,15H,9,11-13H2,1H3,(H,20,22)/t15-/m1/s1. The van der Waals surface area contributed by atoms with Gasteiger partial charge in [0.15, 0.2) is 17.6 Å².